The number of furan rings is 1. The number of pyridine rings is 1. The molecule has 3 aliphatic heterocycles. The molecule has 0 unspecified atom stereocenters. The molecule has 5 heterocycles. The number of hydrogen-bond acceptors (Lipinski definition) is 5. The summed E-state index contributed by atoms with van der Waals surface area (Å²) in [7, 11) is 1.97. The molecule has 0 N–H and O–H groups in total. The van der Waals surface area contributed by atoms with E-state index in [1.54, 1.807) is 35.7 Å². The standard InChI is InChI=1S/C17H16N4O3/c1-19-9-13-14-11(4-6-24-14)8-20-16(23)21(12-3-2-5-18-7-12)15(22)17(13,20)10-19/h2-7,13H,8-10H2,1H3/t13-,17-/m1/s1. The Balaban J connectivity index is 1.69. The van der Waals surface area contributed by atoms with E-state index in [4.69, 9.17) is 4.42 Å². The molecule has 2 aromatic heterocycles. The first kappa shape index (κ1) is 13.7. The lowest BCUT2D eigenvalue weighted by Crippen LogP contribution is -2.56. The highest BCUT2D eigenvalue weighted by molar-refractivity contribution is 6.24. The fraction of sp³-hybridized carbons (Fsp3) is 0.353. The van der Waals surface area contributed by atoms with Crippen LogP contribution in [0.25, 0.3) is 0 Å². The van der Waals surface area contributed by atoms with E-state index in [1.165, 1.54) is 4.90 Å². The number of carbonyl (C=O) groups is 2. The van der Waals surface area contributed by atoms with Crippen molar-refractivity contribution >= 4 is 17.6 Å². The number of hydrogen-bond donors (Lipinski definition) is 0. The second-order valence-corrected chi connectivity index (χ2v) is 6.70. The third kappa shape index (κ3) is 1.48. The first-order valence-corrected chi connectivity index (χ1v) is 7.94. The number of aromatic nitrogens is 1. The molecule has 7 heteroatoms. The summed E-state index contributed by atoms with van der Waals surface area (Å²) in [6.45, 7) is 1.60. The molecule has 2 fully saturated rings. The van der Waals surface area contributed by atoms with Gasteiger partial charge in [-0.15, -0.1) is 0 Å². The van der Waals surface area contributed by atoms with Gasteiger partial charge >= 0.3 is 6.03 Å². The molecular weight excluding hydrogens is 308 g/mol. The van der Waals surface area contributed by atoms with Crippen molar-refractivity contribution in [1.82, 2.24) is 14.8 Å². The molecule has 3 amide bonds. The zero-order valence-corrected chi connectivity index (χ0v) is 13.2. The minimum atomic E-state index is -0.882. The molecule has 2 aromatic rings. The molecule has 24 heavy (non-hydrogen) atoms. The van der Waals surface area contributed by atoms with E-state index in [0.29, 0.717) is 25.3 Å². The predicted molar refractivity (Wildman–Crippen MR) is 84.3 cm³/mol. The quantitative estimate of drug-likeness (QED) is 0.742. The van der Waals surface area contributed by atoms with Crippen LogP contribution in [0.1, 0.15) is 17.2 Å². The maximum atomic E-state index is 13.4. The van der Waals surface area contributed by atoms with Gasteiger partial charge in [0.1, 0.15) is 11.3 Å². The molecule has 0 aromatic carbocycles. The van der Waals surface area contributed by atoms with Crippen molar-refractivity contribution in [2.45, 2.75) is 18.0 Å². The van der Waals surface area contributed by atoms with Crippen molar-refractivity contribution in [3.05, 3.63) is 48.2 Å². The fourth-order valence-corrected chi connectivity index (χ4v) is 4.40. The van der Waals surface area contributed by atoms with Crippen molar-refractivity contribution in [2.24, 2.45) is 0 Å². The van der Waals surface area contributed by atoms with Crippen molar-refractivity contribution in [3.8, 4) is 0 Å². The first-order chi connectivity index (χ1) is 11.6. The third-order valence-corrected chi connectivity index (χ3v) is 5.39. The van der Waals surface area contributed by atoms with Gasteiger partial charge in [0, 0.05) is 24.8 Å². The Labute approximate surface area is 138 Å². The highest BCUT2D eigenvalue weighted by Crippen LogP contribution is 2.50. The van der Waals surface area contributed by atoms with Crippen LogP contribution in [0.5, 0.6) is 0 Å². The molecule has 0 radical (unpaired) electrons. The van der Waals surface area contributed by atoms with Gasteiger partial charge in [-0.25, -0.2) is 9.69 Å². The molecule has 1 spiro atoms. The lowest BCUT2D eigenvalue weighted by atomic mass is 9.79. The Morgan fingerprint density at radius 3 is 3.00 bits per heavy atom. The summed E-state index contributed by atoms with van der Waals surface area (Å²) < 4.78 is 5.70. The zero-order chi connectivity index (χ0) is 16.5. The van der Waals surface area contributed by atoms with Crippen LogP contribution in [0.2, 0.25) is 0 Å². The minimum Gasteiger partial charge on any atom is -0.469 e. The first-order valence-electron chi connectivity index (χ1n) is 7.94. The number of likely N-dealkylation sites (N-methyl/N-ethyl adjacent to an activating group) is 1. The van der Waals surface area contributed by atoms with E-state index in [2.05, 4.69) is 9.88 Å². The van der Waals surface area contributed by atoms with E-state index >= 15 is 0 Å². The number of rotatable bonds is 1. The van der Waals surface area contributed by atoms with Crippen molar-refractivity contribution in [2.75, 3.05) is 25.0 Å². The average molecular weight is 324 g/mol. The second-order valence-electron chi connectivity index (χ2n) is 6.70. The van der Waals surface area contributed by atoms with E-state index < -0.39 is 5.54 Å². The molecule has 5 rings (SSSR count). The predicted octanol–water partition coefficient (Wildman–Crippen LogP) is 1.42. The van der Waals surface area contributed by atoms with Gasteiger partial charge in [-0.05, 0) is 25.2 Å². The highest BCUT2D eigenvalue weighted by Gasteiger charge is 2.67. The van der Waals surface area contributed by atoms with Crippen LogP contribution >= 0.6 is 0 Å². The Hall–Kier alpha value is -2.67. The summed E-state index contributed by atoms with van der Waals surface area (Å²) in [5, 5.41) is 0. The fourth-order valence-electron chi connectivity index (χ4n) is 4.40. The zero-order valence-electron chi connectivity index (χ0n) is 13.2. The van der Waals surface area contributed by atoms with Gasteiger partial charge in [0.05, 0.1) is 30.6 Å². The molecule has 7 nitrogen and oxygen atoms in total. The molecule has 3 aliphatic rings. The van der Waals surface area contributed by atoms with Crippen LogP contribution in [0, 0.1) is 0 Å². The number of carbonyl (C=O) groups excluding carboxylic acids is 2. The Bertz CT molecular complexity index is 849. The van der Waals surface area contributed by atoms with E-state index in [9.17, 15) is 9.59 Å². The van der Waals surface area contributed by atoms with Crippen LogP contribution < -0.4 is 4.90 Å². The van der Waals surface area contributed by atoms with Gasteiger partial charge < -0.3 is 14.2 Å². The summed E-state index contributed by atoms with van der Waals surface area (Å²) in [5.41, 5.74) is 0.619. The lowest BCUT2D eigenvalue weighted by Gasteiger charge is -2.39. The molecule has 0 saturated carbocycles. The molecule has 2 atom stereocenters. The Morgan fingerprint density at radius 1 is 1.33 bits per heavy atom. The number of likely N-dealkylation sites (tertiary alicyclic amines) is 1. The van der Waals surface area contributed by atoms with Crippen LogP contribution in [0.3, 0.4) is 0 Å². The van der Waals surface area contributed by atoms with Gasteiger partial charge in [-0.2, -0.15) is 0 Å². The van der Waals surface area contributed by atoms with Crippen LogP contribution in [-0.4, -0.2) is 52.4 Å². The number of amides is 3. The lowest BCUT2D eigenvalue weighted by molar-refractivity contribution is -0.125. The second kappa shape index (κ2) is 4.45. The van der Waals surface area contributed by atoms with E-state index in [1.807, 2.05) is 13.1 Å². The summed E-state index contributed by atoms with van der Waals surface area (Å²) in [4.78, 5) is 35.6. The monoisotopic (exact) mass is 324 g/mol. The maximum Gasteiger partial charge on any atom is 0.332 e. The van der Waals surface area contributed by atoms with Gasteiger partial charge in [-0.1, -0.05) is 0 Å². The smallest absolute Gasteiger partial charge is 0.332 e. The Morgan fingerprint density at radius 2 is 2.21 bits per heavy atom. The normalized spacial score (nSPS) is 29.0. The van der Waals surface area contributed by atoms with Crippen LogP contribution in [0.15, 0.2) is 41.3 Å². The Kier molecular flexibility index (Phi) is 2.55. The number of fused-ring (bicyclic) bond motifs is 2. The highest BCUT2D eigenvalue weighted by atomic mass is 16.3. The topological polar surface area (TPSA) is 69.9 Å². The SMILES string of the molecule is CN1C[C@@H]2c3occc3CN3C(=O)N(c4cccnc4)C(=O)[C@@]23C1. The number of anilines is 1. The van der Waals surface area contributed by atoms with Gasteiger partial charge in [0.15, 0.2) is 0 Å². The summed E-state index contributed by atoms with van der Waals surface area (Å²) >= 11 is 0. The van der Waals surface area contributed by atoms with Gasteiger partial charge in [0.25, 0.3) is 5.91 Å². The van der Waals surface area contributed by atoms with E-state index in [-0.39, 0.29) is 17.9 Å². The van der Waals surface area contributed by atoms with Gasteiger partial charge in [-0.3, -0.25) is 9.78 Å². The molecule has 0 aliphatic carbocycles. The number of urea groups is 1. The molecule has 122 valence electrons. The minimum absolute atomic E-state index is 0.139. The summed E-state index contributed by atoms with van der Waals surface area (Å²) in [6, 6.07) is 5.08. The summed E-state index contributed by atoms with van der Waals surface area (Å²) in [6.07, 6.45) is 4.82. The largest absolute Gasteiger partial charge is 0.469 e. The molecule has 2 saturated heterocycles. The third-order valence-electron chi connectivity index (χ3n) is 5.39. The summed E-state index contributed by atoms with van der Waals surface area (Å²) in [5.74, 6) is 0.515. The number of nitrogens with zero attached hydrogens (tertiary/aromatic N) is 4. The van der Waals surface area contributed by atoms with Crippen molar-refractivity contribution < 1.29 is 14.0 Å². The van der Waals surface area contributed by atoms with Crippen LogP contribution in [-0.2, 0) is 11.3 Å². The van der Waals surface area contributed by atoms with Crippen LogP contribution in [0.4, 0.5) is 10.5 Å². The average Bonchev–Trinajstić information content (AvgIpc) is 3.22. The molecular formula is C17H16N4O3. The van der Waals surface area contributed by atoms with Gasteiger partial charge in [0.2, 0.25) is 0 Å². The maximum absolute atomic E-state index is 13.4. The van der Waals surface area contributed by atoms with E-state index in [0.717, 1.165) is 11.3 Å². The molecule has 0 bridgehead atoms. The number of imide groups is 1. The van der Waals surface area contributed by atoms with Crippen molar-refractivity contribution in [1.29, 1.82) is 0 Å². The van der Waals surface area contributed by atoms with Crippen molar-refractivity contribution in [3.63, 3.8) is 0 Å².